The number of pyridine rings is 1. The van der Waals surface area contributed by atoms with Gasteiger partial charge in [-0.25, -0.2) is 8.78 Å². The van der Waals surface area contributed by atoms with Crippen LogP contribution in [-0.2, 0) is 11.2 Å². The molecule has 2 aromatic heterocycles. The molecule has 3 rings (SSSR count). The van der Waals surface area contributed by atoms with Crippen molar-refractivity contribution in [1.29, 1.82) is 0 Å². The zero-order valence-electron chi connectivity index (χ0n) is 15.8. The van der Waals surface area contributed by atoms with Gasteiger partial charge < -0.3 is 9.14 Å². The van der Waals surface area contributed by atoms with Crippen LogP contribution in [0, 0.1) is 11.8 Å². The second kappa shape index (κ2) is 8.27. The number of methoxy groups -OCH3 is 1. The number of nitrogens with zero attached hydrogens (tertiary/aromatic N) is 1. The third-order valence-corrected chi connectivity index (χ3v) is 6.06. The molecule has 0 N–H and O–H groups in total. The number of hydrogen-bond donors (Lipinski definition) is 0. The van der Waals surface area contributed by atoms with E-state index in [1.165, 1.54) is 0 Å². The van der Waals surface area contributed by atoms with Crippen molar-refractivity contribution in [2.45, 2.75) is 51.4 Å². The lowest BCUT2D eigenvalue weighted by Gasteiger charge is -2.33. The van der Waals surface area contributed by atoms with Crippen molar-refractivity contribution in [3.05, 3.63) is 40.7 Å². The van der Waals surface area contributed by atoms with Gasteiger partial charge in [-0.15, -0.1) is 0 Å². The van der Waals surface area contributed by atoms with E-state index in [2.05, 4.69) is 0 Å². The highest BCUT2D eigenvalue weighted by molar-refractivity contribution is 6.35. The van der Waals surface area contributed by atoms with E-state index >= 15 is 0 Å². The van der Waals surface area contributed by atoms with Crippen molar-refractivity contribution in [1.82, 2.24) is 4.40 Å². The summed E-state index contributed by atoms with van der Waals surface area (Å²) >= 11 is 6.37. The minimum absolute atomic E-state index is 0.0225. The zero-order valence-corrected chi connectivity index (χ0v) is 16.6. The normalized spacial score (nSPS) is 22.3. The van der Waals surface area contributed by atoms with Crippen molar-refractivity contribution in [2.24, 2.45) is 11.8 Å². The van der Waals surface area contributed by atoms with E-state index in [0.717, 1.165) is 11.2 Å². The van der Waals surface area contributed by atoms with Crippen molar-refractivity contribution in [3.63, 3.8) is 0 Å². The molecular weight excluding hydrogens is 372 g/mol. The van der Waals surface area contributed by atoms with Gasteiger partial charge in [-0.3, -0.25) is 4.79 Å². The number of fused-ring (bicyclic) bond motifs is 1. The van der Waals surface area contributed by atoms with Crippen LogP contribution in [0.2, 0.25) is 5.02 Å². The third kappa shape index (κ3) is 4.35. The van der Waals surface area contributed by atoms with E-state index in [1.54, 1.807) is 20.1 Å². The first kappa shape index (κ1) is 20.3. The largest absolute Gasteiger partial charge is 0.384 e. The summed E-state index contributed by atoms with van der Waals surface area (Å²) in [5.74, 6) is -2.98. The standard InChI is InChI=1S/C21H26ClF2NO2/c1-14-12-15(7-9-21(14,23)24)5-6-19(26)17-13-16(8-11-27-2)25-10-3-4-18(22)20(17)25/h3-4,10,13-15H,5-9,11-12H2,1-2H3. The molecule has 1 aliphatic rings. The Labute approximate surface area is 163 Å². The first-order valence-corrected chi connectivity index (χ1v) is 9.89. The lowest BCUT2D eigenvalue weighted by atomic mass is 9.77. The smallest absolute Gasteiger partial charge is 0.250 e. The second-order valence-electron chi connectivity index (χ2n) is 7.63. The van der Waals surface area contributed by atoms with Crippen LogP contribution >= 0.6 is 11.6 Å². The van der Waals surface area contributed by atoms with Gasteiger partial charge in [0.05, 0.1) is 17.1 Å². The van der Waals surface area contributed by atoms with Crippen molar-refractivity contribution in [3.8, 4) is 0 Å². The SMILES string of the molecule is COCCc1cc(C(=O)CCC2CCC(F)(F)C(C)C2)c2c(Cl)cccn12. The minimum Gasteiger partial charge on any atom is -0.384 e. The minimum atomic E-state index is -2.57. The van der Waals surface area contributed by atoms with Crippen LogP contribution < -0.4 is 0 Å². The van der Waals surface area contributed by atoms with Crippen LogP contribution in [0.1, 0.15) is 55.1 Å². The highest BCUT2D eigenvalue weighted by Gasteiger charge is 2.41. The fraction of sp³-hybridized carbons (Fsp3) is 0.571. The fourth-order valence-corrected chi connectivity index (χ4v) is 4.33. The summed E-state index contributed by atoms with van der Waals surface area (Å²) in [5, 5.41) is 0.537. The Morgan fingerprint density at radius 3 is 2.93 bits per heavy atom. The zero-order chi connectivity index (χ0) is 19.6. The molecule has 2 aromatic rings. The fourth-order valence-electron chi connectivity index (χ4n) is 4.06. The lowest BCUT2D eigenvalue weighted by molar-refractivity contribution is -0.0913. The molecule has 6 heteroatoms. The van der Waals surface area contributed by atoms with Crippen LogP contribution in [0.15, 0.2) is 24.4 Å². The summed E-state index contributed by atoms with van der Waals surface area (Å²) in [6.07, 6.45) is 4.48. The average Bonchev–Trinajstić information content (AvgIpc) is 3.01. The summed E-state index contributed by atoms with van der Waals surface area (Å²) < 4.78 is 34.4. The van der Waals surface area contributed by atoms with Gasteiger partial charge in [0, 0.05) is 49.7 Å². The number of aromatic nitrogens is 1. The summed E-state index contributed by atoms with van der Waals surface area (Å²) in [7, 11) is 1.64. The number of rotatable bonds is 7. The molecule has 1 aliphatic carbocycles. The molecule has 0 saturated heterocycles. The first-order chi connectivity index (χ1) is 12.8. The Kier molecular flexibility index (Phi) is 6.21. The van der Waals surface area contributed by atoms with Crippen LogP contribution in [0.4, 0.5) is 8.78 Å². The molecule has 0 bridgehead atoms. The predicted octanol–water partition coefficient (Wildman–Crippen LogP) is 5.82. The number of ether oxygens (including phenoxy) is 1. The van der Waals surface area contributed by atoms with Crippen molar-refractivity contribution >= 4 is 22.9 Å². The summed E-state index contributed by atoms with van der Waals surface area (Å²) in [4.78, 5) is 12.9. The molecule has 0 amide bonds. The van der Waals surface area contributed by atoms with Crippen LogP contribution in [0.3, 0.4) is 0 Å². The van der Waals surface area contributed by atoms with E-state index in [1.807, 2.05) is 22.7 Å². The van der Waals surface area contributed by atoms with E-state index in [0.29, 0.717) is 49.3 Å². The second-order valence-corrected chi connectivity index (χ2v) is 8.04. The molecule has 148 valence electrons. The monoisotopic (exact) mass is 397 g/mol. The highest BCUT2D eigenvalue weighted by Crippen LogP contribution is 2.42. The molecule has 0 aliphatic heterocycles. The van der Waals surface area contributed by atoms with Gasteiger partial charge in [0.2, 0.25) is 0 Å². The summed E-state index contributed by atoms with van der Waals surface area (Å²) in [5.41, 5.74) is 2.31. The number of hydrogen-bond acceptors (Lipinski definition) is 2. The van der Waals surface area contributed by atoms with Gasteiger partial charge in [-0.1, -0.05) is 18.5 Å². The Balaban J connectivity index is 1.74. The first-order valence-electron chi connectivity index (χ1n) is 9.52. The molecule has 2 heterocycles. The molecular formula is C21H26ClF2NO2. The Hall–Kier alpha value is -1.46. The van der Waals surface area contributed by atoms with E-state index < -0.39 is 11.8 Å². The molecule has 0 aromatic carbocycles. The van der Waals surface area contributed by atoms with Gasteiger partial charge in [0.15, 0.2) is 5.78 Å². The van der Waals surface area contributed by atoms with Crippen LogP contribution in [0.25, 0.3) is 5.52 Å². The molecule has 2 atom stereocenters. The van der Waals surface area contributed by atoms with Crippen LogP contribution in [0.5, 0.6) is 0 Å². The molecule has 0 radical (unpaired) electrons. The number of carbonyl (C=O) groups is 1. The maximum Gasteiger partial charge on any atom is 0.250 e. The van der Waals surface area contributed by atoms with Crippen LogP contribution in [-0.4, -0.2) is 29.8 Å². The van der Waals surface area contributed by atoms with Gasteiger partial charge >= 0.3 is 0 Å². The number of alkyl halides is 2. The maximum absolute atomic E-state index is 13.7. The quantitative estimate of drug-likeness (QED) is 0.551. The predicted molar refractivity (Wildman–Crippen MR) is 103 cm³/mol. The highest BCUT2D eigenvalue weighted by atomic mass is 35.5. The molecule has 2 unspecified atom stereocenters. The van der Waals surface area contributed by atoms with Gasteiger partial charge in [-0.05, 0) is 43.4 Å². The Bertz CT molecular complexity index is 818. The number of halogens is 3. The number of carbonyl (C=O) groups excluding carboxylic acids is 1. The topological polar surface area (TPSA) is 30.7 Å². The molecule has 1 fully saturated rings. The maximum atomic E-state index is 13.7. The molecule has 27 heavy (non-hydrogen) atoms. The average molecular weight is 398 g/mol. The van der Waals surface area contributed by atoms with Crippen molar-refractivity contribution in [2.75, 3.05) is 13.7 Å². The molecule has 0 spiro atoms. The van der Waals surface area contributed by atoms with E-state index in [4.69, 9.17) is 16.3 Å². The Morgan fingerprint density at radius 2 is 2.22 bits per heavy atom. The molecule has 3 nitrogen and oxygen atoms in total. The summed E-state index contributed by atoms with van der Waals surface area (Å²) in [6.45, 7) is 2.16. The van der Waals surface area contributed by atoms with Gasteiger partial charge in [-0.2, -0.15) is 0 Å². The number of ketones is 1. The summed E-state index contributed by atoms with van der Waals surface area (Å²) in [6, 6.07) is 5.52. The van der Waals surface area contributed by atoms with Crippen molar-refractivity contribution < 1.29 is 18.3 Å². The lowest BCUT2D eigenvalue weighted by Crippen LogP contribution is -2.33. The third-order valence-electron chi connectivity index (χ3n) is 5.76. The van der Waals surface area contributed by atoms with E-state index in [9.17, 15) is 13.6 Å². The molecule has 1 saturated carbocycles. The Morgan fingerprint density at radius 1 is 1.44 bits per heavy atom. The number of Topliss-reactive ketones (excluding diaryl/α,β-unsaturated/α-hetero) is 1. The van der Waals surface area contributed by atoms with E-state index in [-0.39, 0.29) is 18.1 Å². The van der Waals surface area contributed by atoms with Gasteiger partial charge in [0.1, 0.15) is 0 Å². The van der Waals surface area contributed by atoms with Gasteiger partial charge in [0.25, 0.3) is 5.92 Å².